The highest BCUT2D eigenvalue weighted by atomic mass is 16.2. The first-order valence-electron chi connectivity index (χ1n) is 9.79. The Morgan fingerprint density at radius 2 is 2.19 bits per heavy atom. The van der Waals surface area contributed by atoms with E-state index in [4.69, 9.17) is 0 Å². The van der Waals surface area contributed by atoms with Crippen molar-refractivity contribution >= 4 is 17.5 Å². The van der Waals surface area contributed by atoms with Crippen LogP contribution >= 0.6 is 0 Å². The number of nitrogens with one attached hydrogen (secondary N) is 2. The van der Waals surface area contributed by atoms with E-state index in [2.05, 4.69) is 20.7 Å². The average Bonchev–Trinajstić information content (AvgIpc) is 3.17. The van der Waals surface area contributed by atoms with Crippen LogP contribution in [-0.4, -0.2) is 56.5 Å². The molecule has 2 amide bonds. The SMILES string of the molecule is O=C(NCc1cccc2ncnn12)[C@H]1[C@@H]2CNC[C@@H](C2)[C@@H]2CCCC(=O)N21. The molecule has 0 radical (unpaired) electrons. The van der Waals surface area contributed by atoms with Crippen molar-refractivity contribution in [2.75, 3.05) is 13.1 Å². The van der Waals surface area contributed by atoms with Crippen LogP contribution in [0, 0.1) is 11.8 Å². The summed E-state index contributed by atoms with van der Waals surface area (Å²) in [7, 11) is 0. The minimum absolute atomic E-state index is 0.0560. The predicted octanol–water partition coefficient (Wildman–Crippen LogP) is 0.334. The van der Waals surface area contributed by atoms with Crippen molar-refractivity contribution in [3.05, 3.63) is 30.2 Å². The Labute approximate surface area is 157 Å². The molecule has 8 heteroatoms. The Hall–Kier alpha value is -2.48. The molecule has 2 aromatic rings. The van der Waals surface area contributed by atoms with Crippen LogP contribution in [0.15, 0.2) is 24.5 Å². The summed E-state index contributed by atoms with van der Waals surface area (Å²) in [4.78, 5) is 32.0. The highest BCUT2D eigenvalue weighted by molar-refractivity contribution is 5.89. The number of hydrogen-bond acceptors (Lipinski definition) is 5. The fraction of sp³-hybridized carbons (Fsp3) is 0.579. The molecule has 142 valence electrons. The predicted molar refractivity (Wildman–Crippen MR) is 97.6 cm³/mol. The molecule has 5 rings (SSSR count). The number of aromatic nitrogens is 3. The lowest BCUT2D eigenvalue weighted by atomic mass is 9.72. The van der Waals surface area contributed by atoms with Gasteiger partial charge in [-0.3, -0.25) is 9.59 Å². The lowest BCUT2D eigenvalue weighted by molar-refractivity contribution is -0.157. The van der Waals surface area contributed by atoms with Gasteiger partial charge in [-0.15, -0.1) is 0 Å². The normalized spacial score (nSPS) is 30.2. The van der Waals surface area contributed by atoms with Gasteiger partial charge in [-0.1, -0.05) is 6.07 Å². The fourth-order valence-electron chi connectivity index (χ4n) is 5.17. The summed E-state index contributed by atoms with van der Waals surface area (Å²) < 4.78 is 1.73. The van der Waals surface area contributed by atoms with Gasteiger partial charge in [0.25, 0.3) is 0 Å². The third kappa shape index (κ3) is 2.79. The molecule has 0 unspecified atom stereocenters. The number of carbonyl (C=O) groups excluding carboxylic acids is 2. The van der Waals surface area contributed by atoms with Gasteiger partial charge in [-0.05, 0) is 43.9 Å². The molecule has 2 N–H and O–H groups in total. The van der Waals surface area contributed by atoms with E-state index in [0.29, 0.717) is 18.9 Å². The molecule has 4 atom stereocenters. The molecule has 3 saturated heterocycles. The standard InChI is InChI=1S/C19H24N6O2/c26-17-6-2-4-15-12-7-13(9-20-8-12)18(24(15)17)19(27)21-10-14-3-1-5-16-22-11-23-25(14)16/h1,3,5,11-13,15,18,20H,2,4,6-10H2,(H,21,27)/t12-,13+,15+,18-/m1/s1. The lowest BCUT2D eigenvalue weighted by Crippen LogP contribution is -2.67. The van der Waals surface area contributed by atoms with Gasteiger partial charge in [0.15, 0.2) is 5.65 Å². The van der Waals surface area contributed by atoms with Crippen LogP contribution in [0.5, 0.6) is 0 Å². The molecule has 8 nitrogen and oxygen atoms in total. The molecule has 2 aromatic heterocycles. The van der Waals surface area contributed by atoms with Crippen molar-refractivity contribution in [1.29, 1.82) is 0 Å². The Bertz CT molecular complexity index is 880. The van der Waals surface area contributed by atoms with E-state index >= 15 is 0 Å². The molecular formula is C19H24N6O2. The highest BCUT2D eigenvalue weighted by Crippen LogP contribution is 2.39. The number of rotatable bonds is 3. The quantitative estimate of drug-likeness (QED) is 0.815. The van der Waals surface area contributed by atoms with E-state index in [1.54, 1.807) is 4.52 Å². The topological polar surface area (TPSA) is 91.6 Å². The second-order valence-corrected chi connectivity index (χ2v) is 7.88. The number of amides is 2. The van der Waals surface area contributed by atoms with E-state index in [1.807, 2.05) is 23.1 Å². The number of hydrogen-bond donors (Lipinski definition) is 2. The summed E-state index contributed by atoms with van der Waals surface area (Å²) in [6, 6.07) is 5.54. The summed E-state index contributed by atoms with van der Waals surface area (Å²) in [5.41, 5.74) is 1.63. The van der Waals surface area contributed by atoms with Gasteiger partial charge in [-0.25, -0.2) is 9.50 Å². The third-order valence-corrected chi connectivity index (χ3v) is 6.34. The van der Waals surface area contributed by atoms with E-state index in [1.165, 1.54) is 6.33 Å². The number of nitrogens with zero attached hydrogens (tertiary/aromatic N) is 4. The molecule has 0 aromatic carbocycles. The Kier molecular flexibility index (Phi) is 4.07. The maximum atomic E-state index is 13.2. The van der Waals surface area contributed by atoms with Gasteiger partial charge >= 0.3 is 0 Å². The molecule has 0 saturated carbocycles. The maximum absolute atomic E-state index is 13.2. The minimum atomic E-state index is -0.373. The monoisotopic (exact) mass is 368 g/mol. The summed E-state index contributed by atoms with van der Waals surface area (Å²) in [6.07, 6.45) is 5.03. The molecule has 5 heterocycles. The average molecular weight is 368 g/mol. The summed E-state index contributed by atoms with van der Waals surface area (Å²) >= 11 is 0. The zero-order chi connectivity index (χ0) is 18.4. The summed E-state index contributed by atoms with van der Waals surface area (Å²) in [6.45, 7) is 2.11. The third-order valence-electron chi connectivity index (χ3n) is 6.34. The molecule has 27 heavy (non-hydrogen) atoms. The van der Waals surface area contributed by atoms with Crippen LogP contribution in [0.2, 0.25) is 0 Å². The van der Waals surface area contributed by atoms with Gasteiger partial charge in [0.2, 0.25) is 11.8 Å². The van der Waals surface area contributed by atoms with Crippen LogP contribution in [-0.2, 0) is 16.1 Å². The smallest absolute Gasteiger partial charge is 0.243 e. The zero-order valence-electron chi connectivity index (χ0n) is 15.2. The van der Waals surface area contributed by atoms with Gasteiger partial charge < -0.3 is 15.5 Å². The minimum Gasteiger partial charge on any atom is -0.349 e. The Morgan fingerprint density at radius 3 is 3.11 bits per heavy atom. The zero-order valence-corrected chi connectivity index (χ0v) is 15.2. The van der Waals surface area contributed by atoms with Crippen LogP contribution in [0.1, 0.15) is 31.4 Å². The number of pyridine rings is 1. The molecule has 3 aliphatic heterocycles. The van der Waals surface area contributed by atoms with E-state index in [-0.39, 0.29) is 29.8 Å². The van der Waals surface area contributed by atoms with Crippen molar-refractivity contribution in [3.8, 4) is 0 Å². The molecule has 0 spiro atoms. The summed E-state index contributed by atoms with van der Waals surface area (Å²) in [5, 5.41) is 10.7. The number of piperidine rings is 3. The van der Waals surface area contributed by atoms with Crippen molar-refractivity contribution < 1.29 is 9.59 Å². The van der Waals surface area contributed by atoms with Crippen molar-refractivity contribution in [2.24, 2.45) is 11.8 Å². The molecular weight excluding hydrogens is 344 g/mol. The van der Waals surface area contributed by atoms with Crippen LogP contribution in [0.25, 0.3) is 5.65 Å². The van der Waals surface area contributed by atoms with Gasteiger partial charge in [-0.2, -0.15) is 5.10 Å². The van der Waals surface area contributed by atoms with Gasteiger partial charge in [0, 0.05) is 24.9 Å². The second kappa shape index (κ2) is 6.60. The number of fused-ring (bicyclic) bond motifs is 5. The largest absolute Gasteiger partial charge is 0.349 e. The van der Waals surface area contributed by atoms with Crippen molar-refractivity contribution in [2.45, 2.75) is 44.3 Å². The van der Waals surface area contributed by atoms with Crippen LogP contribution in [0.4, 0.5) is 0 Å². The first-order chi connectivity index (χ1) is 13.2. The molecule has 3 aliphatic rings. The Morgan fingerprint density at radius 1 is 1.30 bits per heavy atom. The van der Waals surface area contributed by atoms with Crippen LogP contribution < -0.4 is 10.6 Å². The number of carbonyl (C=O) groups is 2. The first-order valence-corrected chi connectivity index (χ1v) is 9.79. The van der Waals surface area contributed by atoms with Crippen molar-refractivity contribution in [3.63, 3.8) is 0 Å². The fourth-order valence-corrected chi connectivity index (χ4v) is 5.17. The van der Waals surface area contributed by atoms with E-state index < -0.39 is 0 Å². The van der Waals surface area contributed by atoms with E-state index in [0.717, 1.165) is 43.7 Å². The van der Waals surface area contributed by atoms with Crippen LogP contribution in [0.3, 0.4) is 0 Å². The maximum Gasteiger partial charge on any atom is 0.243 e. The van der Waals surface area contributed by atoms with Gasteiger partial charge in [0.05, 0.1) is 12.2 Å². The highest BCUT2D eigenvalue weighted by Gasteiger charge is 2.50. The van der Waals surface area contributed by atoms with Gasteiger partial charge in [0.1, 0.15) is 12.4 Å². The van der Waals surface area contributed by atoms with E-state index in [9.17, 15) is 9.59 Å². The second-order valence-electron chi connectivity index (χ2n) is 7.88. The molecule has 3 fully saturated rings. The molecule has 2 bridgehead atoms. The van der Waals surface area contributed by atoms with Crippen molar-refractivity contribution in [1.82, 2.24) is 30.1 Å². The lowest BCUT2D eigenvalue weighted by Gasteiger charge is -2.53. The Balaban J connectivity index is 1.37. The molecule has 0 aliphatic carbocycles. The first kappa shape index (κ1) is 16.7. The summed E-state index contributed by atoms with van der Waals surface area (Å²) in [5.74, 6) is 0.742.